The molecule has 0 aromatic heterocycles. The van der Waals surface area contributed by atoms with Gasteiger partial charge in [-0.3, -0.25) is 24.0 Å². The highest BCUT2D eigenvalue weighted by Crippen LogP contribution is 2.28. The van der Waals surface area contributed by atoms with E-state index in [4.69, 9.17) is 34.4 Å². The average molecular weight is 655 g/mol. The second-order valence-corrected chi connectivity index (χ2v) is 12.8. The molecule has 0 bridgehead atoms. The first kappa shape index (κ1) is 43.9. The van der Waals surface area contributed by atoms with E-state index in [1.54, 1.807) is 0 Å². The van der Waals surface area contributed by atoms with Crippen molar-refractivity contribution >= 4 is 29.1 Å². The summed E-state index contributed by atoms with van der Waals surface area (Å²) in [5, 5.41) is 9.73. The van der Waals surface area contributed by atoms with Crippen molar-refractivity contribution in [2.24, 2.45) is 58.1 Å². The summed E-state index contributed by atoms with van der Waals surface area (Å²) in [6.07, 6.45) is 8.88. The van der Waals surface area contributed by atoms with E-state index in [-0.39, 0.29) is 48.8 Å². The standard InChI is InChI=1S/C34H66N6O6/c35-16-6-1-11-25(21-31(42)27(13-3-8-18-37)23-33(44)29(40)15-5-10-20-39)30(41)22-26(12-2-7-17-36)32(43)24-28(34(45)46)14-4-9-19-38/h25-29H,1-24,35-40H2,(H,45,46). The van der Waals surface area contributed by atoms with Gasteiger partial charge >= 0.3 is 5.97 Å². The molecule has 0 spiro atoms. The molecule has 12 heteroatoms. The number of hydrogen-bond donors (Lipinski definition) is 7. The molecule has 0 radical (unpaired) electrons. The van der Waals surface area contributed by atoms with Crippen molar-refractivity contribution in [3.8, 4) is 0 Å². The van der Waals surface area contributed by atoms with Crippen LogP contribution in [0.1, 0.15) is 122 Å². The minimum atomic E-state index is -1.03. The highest BCUT2D eigenvalue weighted by molar-refractivity contribution is 5.95. The van der Waals surface area contributed by atoms with Gasteiger partial charge in [0.05, 0.1) is 12.0 Å². The predicted octanol–water partition coefficient (Wildman–Crippen LogP) is 2.34. The van der Waals surface area contributed by atoms with Crippen LogP contribution in [0.25, 0.3) is 0 Å². The molecule has 0 saturated heterocycles. The molecule has 0 heterocycles. The van der Waals surface area contributed by atoms with E-state index in [0.717, 1.165) is 19.3 Å². The van der Waals surface area contributed by atoms with Crippen molar-refractivity contribution in [3.05, 3.63) is 0 Å². The van der Waals surface area contributed by atoms with Gasteiger partial charge in [0.25, 0.3) is 0 Å². The summed E-state index contributed by atoms with van der Waals surface area (Å²) in [6.45, 7) is 2.35. The quantitative estimate of drug-likeness (QED) is 0.0503. The number of nitrogens with two attached hydrogens (primary N) is 6. The van der Waals surface area contributed by atoms with Crippen molar-refractivity contribution in [2.75, 3.05) is 32.7 Å². The molecular weight excluding hydrogens is 588 g/mol. The first-order chi connectivity index (χ1) is 22.1. The fourth-order valence-corrected chi connectivity index (χ4v) is 5.88. The van der Waals surface area contributed by atoms with Gasteiger partial charge in [0, 0.05) is 43.4 Å². The van der Waals surface area contributed by atoms with Crippen LogP contribution in [-0.2, 0) is 24.0 Å². The van der Waals surface area contributed by atoms with Crippen molar-refractivity contribution in [1.29, 1.82) is 0 Å². The average Bonchev–Trinajstić information content (AvgIpc) is 3.02. The summed E-state index contributed by atoms with van der Waals surface area (Å²) in [5.74, 6) is -4.43. The highest BCUT2D eigenvalue weighted by atomic mass is 16.4. The molecule has 0 rings (SSSR count). The van der Waals surface area contributed by atoms with Crippen LogP contribution in [-0.4, -0.2) is 73.0 Å². The third-order valence-electron chi connectivity index (χ3n) is 8.92. The summed E-state index contributed by atoms with van der Waals surface area (Å²) in [6, 6.07) is -0.663. The van der Waals surface area contributed by atoms with Gasteiger partial charge in [-0.05, 0) is 96.9 Å². The second kappa shape index (κ2) is 28.0. The number of carbonyl (C=O) groups is 5. The van der Waals surface area contributed by atoms with E-state index in [1.165, 1.54) is 0 Å². The first-order valence-electron chi connectivity index (χ1n) is 17.7. The fraction of sp³-hybridized carbons (Fsp3) is 0.853. The van der Waals surface area contributed by atoms with Crippen LogP contribution < -0.4 is 34.4 Å². The molecule has 5 unspecified atom stereocenters. The maximum atomic E-state index is 13.8. The molecule has 268 valence electrons. The Kier molecular flexibility index (Phi) is 26.7. The number of unbranched alkanes of at least 4 members (excludes halogenated alkanes) is 5. The molecule has 12 nitrogen and oxygen atoms in total. The van der Waals surface area contributed by atoms with Gasteiger partial charge < -0.3 is 39.5 Å². The molecule has 0 aliphatic rings. The van der Waals surface area contributed by atoms with Gasteiger partial charge in [0.2, 0.25) is 0 Å². The van der Waals surface area contributed by atoms with Gasteiger partial charge in [-0.2, -0.15) is 0 Å². The van der Waals surface area contributed by atoms with Crippen LogP contribution >= 0.6 is 0 Å². The molecule has 0 aliphatic heterocycles. The Morgan fingerprint density at radius 2 is 0.652 bits per heavy atom. The number of ketones is 4. The summed E-state index contributed by atoms with van der Waals surface area (Å²) in [5.41, 5.74) is 34.3. The second-order valence-electron chi connectivity index (χ2n) is 12.8. The summed E-state index contributed by atoms with van der Waals surface area (Å²) in [7, 11) is 0. The monoisotopic (exact) mass is 655 g/mol. The summed E-state index contributed by atoms with van der Waals surface area (Å²) >= 11 is 0. The van der Waals surface area contributed by atoms with E-state index in [1.807, 2.05) is 0 Å². The van der Waals surface area contributed by atoms with Gasteiger partial charge in [0.1, 0.15) is 23.1 Å². The molecule has 0 aliphatic carbocycles. The lowest BCUT2D eigenvalue weighted by Gasteiger charge is -2.23. The molecule has 0 amide bonds. The minimum Gasteiger partial charge on any atom is -0.481 e. The van der Waals surface area contributed by atoms with E-state index >= 15 is 0 Å². The third-order valence-corrected chi connectivity index (χ3v) is 8.92. The van der Waals surface area contributed by atoms with Crippen molar-refractivity contribution < 1.29 is 29.1 Å². The maximum absolute atomic E-state index is 13.8. The zero-order chi connectivity index (χ0) is 34.7. The largest absolute Gasteiger partial charge is 0.481 e. The fourth-order valence-electron chi connectivity index (χ4n) is 5.88. The Morgan fingerprint density at radius 3 is 0.957 bits per heavy atom. The molecule has 0 saturated carbocycles. The SMILES string of the molecule is NCCCCC(N)C(=O)CC(CCCCN)C(=O)CC(CCCCN)C(=O)CC(CCCCN)C(=O)CC(CCCCN)C(=O)O. The number of carbonyl (C=O) groups excluding carboxylic acids is 4. The van der Waals surface area contributed by atoms with Crippen LogP contribution in [0.3, 0.4) is 0 Å². The van der Waals surface area contributed by atoms with Crippen LogP contribution in [0.2, 0.25) is 0 Å². The number of rotatable bonds is 33. The van der Waals surface area contributed by atoms with E-state index in [9.17, 15) is 29.1 Å². The normalized spacial score (nSPS) is 14.7. The maximum Gasteiger partial charge on any atom is 0.306 e. The predicted molar refractivity (Wildman–Crippen MR) is 183 cm³/mol. The topological polar surface area (TPSA) is 262 Å². The van der Waals surface area contributed by atoms with E-state index < -0.39 is 35.7 Å². The summed E-state index contributed by atoms with van der Waals surface area (Å²) < 4.78 is 0. The zero-order valence-corrected chi connectivity index (χ0v) is 28.3. The van der Waals surface area contributed by atoms with Crippen LogP contribution in [0.5, 0.6) is 0 Å². The van der Waals surface area contributed by atoms with Gasteiger partial charge in [-0.1, -0.05) is 32.1 Å². The number of carboxylic acids is 1. The van der Waals surface area contributed by atoms with Crippen molar-refractivity contribution in [1.82, 2.24) is 0 Å². The Labute approximate surface area is 276 Å². The van der Waals surface area contributed by atoms with Crippen LogP contribution in [0, 0.1) is 23.7 Å². The highest BCUT2D eigenvalue weighted by Gasteiger charge is 2.32. The molecular formula is C34H66N6O6. The lowest BCUT2D eigenvalue weighted by Crippen LogP contribution is -2.34. The van der Waals surface area contributed by atoms with Crippen molar-refractivity contribution in [3.63, 3.8) is 0 Å². The molecule has 0 aromatic rings. The molecule has 13 N–H and O–H groups in total. The van der Waals surface area contributed by atoms with Gasteiger partial charge in [-0.25, -0.2) is 0 Å². The molecule has 0 fully saturated rings. The Morgan fingerprint density at radius 1 is 0.391 bits per heavy atom. The van der Waals surface area contributed by atoms with Gasteiger partial charge in [0.15, 0.2) is 0 Å². The summed E-state index contributed by atoms with van der Waals surface area (Å²) in [4.78, 5) is 65.8. The van der Waals surface area contributed by atoms with Crippen molar-refractivity contribution in [2.45, 2.75) is 128 Å². The molecule has 0 aromatic carbocycles. The lowest BCUT2D eigenvalue weighted by molar-refractivity contribution is -0.144. The van der Waals surface area contributed by atoms with Crippen LogP contribution in [0.15, 0.2) is 0 Å². The van der Waals surface area contributed by atoms with E-state index in [2.05, 4.69) is 0 Å². The number of aliphatic carboxylic acids is 1. The number of Topliss-reactive ketones (excluding diaryl/α,β-unsaturated/α-hetero) is 4. The minimum absolute atomic E-state index is 0.0209. The smallest absolute Gasteiger partial charge is 0.306 e. The molecule has 46 heavy (non-hydrogen) atoms. The third kappa shape index (κ3) is 20.2. The number of hydrogen-bond acceptors (Lipinski definition) is 11. The zero-order valence-electron chi connectivity index (χ0n) is 28.3. The van der Waals surface area contributed by atoms with Gasteiger partial charge in [-0.15, -0.1) is 0 Å². The van der Waals surface area contributed by atoms with E-state index in [0.29, 0.717) is 110 Å². The van der Waals surface area contributed by atoms with Crippen LogP contribution in [0.4, 0.5) is 0 Å². The first-order valence-corrected chi connectivity index (χ1v) is 17.7. The molecule has 5 atom stereocenters. The Hall–Kier alpha value is -2.09. The Bertz CT molecular complexity index is 873. The lowest BCUT2D eigenvalue weighted by atomic mass is 9.79. The number of carboxylic acid groups (broad SMARTS) is 1. The Balaban J connectivity index is 5.87.